The summed E-state index contributed by atoms with van der Waals surface area (Å²) in [4.78, 5) is 15.5. The normalized spacial score (nSPS) is 13.7. The average molecular weight is 228 g/mol. The number of unbranched alkanes of at least 4 members (excludes halogenated alkanes) is 2. The summed E-state index contributed by atoms with van der Waals surface area (Å²) in [5.74, 6) is 3.44. The lowest BCUT2D eigenvalue weighted by molar-refractivity contribution is -0.116. The molecule has 1 aromatic rings. The van der Waals surface area contributed by atoms with Crippen LogP contribution in [-0.4, -0.2) is 10.9 Å². The number of anilines is 1. The van der Waals surface area contributed by atoms with Crippen molar-refractivity contribution < 1.29 is 4.79 Å². The van der Waals surface area contributed by atoms with E-state index < -0.39 is 0 Å². The van der Waals surface area contributed by atoms with Gasteiger partial charge in [0.25, 0.3) is 0 Å². The first-order chi connectivity index (χ1) is 8.29. The molecule has 17 heavy (non-hydrogen) atoms. The van der Waals surface area contributed by atoms with Crippen LogP contribution in [0, 0.1) is 12.3 Å². The number of hydrogen-bond acceptors (Lipinski definition) is 2. The third-order valence-corrected chi connectivity index (χ3v) is 2.94. The van der Waals surface area contributed by atoms with Gasteiger partial charge >= 0.3 is 0 Å². The van der Waals surface area contributed by atoms with E-state index in [1.807, 2.05) is 6.20 Å². The van der Waals surface area contributed by atoms with Gasteiger partial charge in [0.2, 0.25) is 5.91 Å². The van der Waals surface area contributed by atoms with Gasteiger partial charge in [-0.1, -0.05) is 6.07 Å². The molecule has 3 heteroatoms. The van der Waals surface area contributed by atoms with Crippen LogP contribution >= 0.6 is 0 Å². The summed E-state index contributed by atoms with van der Waals surface area (Å²) in [5.41, 5.74) is 2.39. The van der Waals surface area contributed by atoms with Crippen molar-refractivity contribution in [3.05, 3.63) is 23.4 Å². The minimum atomic E-state index is 0.0618. The zero-order chi connectivity index (χ0) is 12.1. The first-order valence-electron chi connectivity index (χ1n) is 6.00. The Labute approximate surface area is 102 Å². The van der Waals surface area contributed by atoms with Gasteiger partial charge in [0.05, 0.1) is 0 Å². The summed E-state index contributed by atoms with van der Waals surface area (Å²) in [6.07, 6.45) is 12.4. The van der Waals surface area contributed by atoms with E-state index in [0.717, 1.165) is 43.5 Å². The maximum atomic E-state index is 11.2. The second-order valence-electron chi connectivity index (χ2n) is 4.31. The molecule has 88 valence electrons. The van der Waals surface area contributed by atoms with Crippen LogP contribution in [0.25, 0.3) is 0 Å². The van der Waals surface area contributed by atoms with Crippen LogP contribution in [0.5, 0.6) is 0 Å². The highest BCUT2D eigenvalue weighted by Gasteiger charge is 2.15. The van der Waals surface area contributed by atoms with Gasteiger partial charge in [0, 0.05) is 19.0 Å². The maximum Gasteiger partial charge on any atom is 0.225 e. The van der Waals surface area contributed by atoms with Crippen molar-refractivity contribution in [2.24, 2.45) is 0 Å². The van der Waals surface area contributed by atoms with Crippen LogP contribution in [0.15, 0.2) is 12.3 Å². The summed E-state index contributed by atoms with van der Waals surface area (Å²) in [6, 6.07) is 2.15. The molecule has 1 amide bonds. The number of rotatable bonds is 4. The molecule has 2 heterocycles. The predicted molar refractivity (Wildman–Crippen MR) is 67.6 cm³/mol. The SMILES string of the molecule is C#CCCCCc1cnc2c(c1)CCC(=O)N2. The van der Waals surface area contributed by atoms with Gasteiger partial charge in [-0.15, -0.1) is 12.3 Å². The van der Waals surface area contributed by atoms with Crippen molar-refractivity contribution in [1.29, 1.82) is 0 Å². The number of nitrogens with one attached hydrogen (secondary N) is 1. The number of nitrogens with zero attached hydrogens (tertiary/aromatic N) is 1. The van der Waals surface area contributed by atoms with E-state index in [2.05, 4.69) is 22.3 Å². The summed E-state index contributed by atoms with van der Waals surface area (Å²) >= 11 is 0. The number of carbonyl (C=O) groups is 1. The quantitative estimate of drug-likeness (QED) is 0.634. The Hall–Kier alpha value is -1.82. The fourth-order valence-electron chi connectivity index (χ4n) is 2.00. The monoisotopic (exact) mass is 228 g/mol. The third kappa shape index (κ3) is 3.07. The zero-order valence-electron chi connectivity index (χ0n) is 9.83. The molecule has 0 unspecified atom stereocenters. The molecule has 2 rings (SSSR count). The number of amides is 1. The molecule has 1 aromatic heterocycles. The lowest BCUT2D eigenvalue weighted by Crippen LogP contribution is -2.20. The summed E-state index contributed by atoms with van der Waals surface area (Å²) in [5, 5.41) is 2.79. The van der Waals surface area contributed by atoms with Crippen molar-refractivity contribution in [3.63, 3.8) is 0 Å². The van der Waals surface area contributed by atoms with Crippen LogP contribution < -0.4 is 5.32 Å². The van der Waals surface area contributed by atoms with Gasteiger partial charge < -0.3 is 5.32 Å². The average Bonchev–Trinajstić information content (AvgIpc) is 2.35. The highest BCUT2D eigenvalue weighted by atomic mass is 16.1. The molecular weight excluding hydrogens is 212 g/mol. The molecule has 0 saturated heterocycles. The second kappa shape index (κ2) is 5.49. The number of aromatic nitrogens is 1. The predicted octanol–water partition coefficient (Wildman–Crippen LogP) is 2.31. The van der Waals surface area contributed by atoms with E-state index >= 15 is 0 Å². The van der Waals surface area contributed by atoms with E-state index in [0.29, 0.717) is 6.42 Å². The largest absolute Gasteiger partial charge is 0.310 e. The Morgan fingerprint density at radius 2 is 2.29 bits per heavy atom. The van der Waals surface area contributed by atoms with Gasteiger partial charge in [0.1, 0.15) is 5.82 Å². The van der Waals surface area contributed by atoms with E-state index in [1.165, 1.54) is 5.56 Å². The lowest BCUT2D eigenvalue weighted by Gasteiger charge is -2.16. The van der Waals surface area contributed by atoms with Crippen LogP contribution in [0.3, 0.4) is 0 Å². The van der Waals surface area contributed by atoms with E-state index in [4.69, 9.17) is 6.42 Å². The Balaban J connectivity index is 1.97. The molecule has 0 aliphatic carbocycles. The van der Waals surface area contributed by atoms with Gasteiger partial charge in [0.15, 0.2) is 0 Å². The second-order valence-corrected chi connectivity index (χ2v) is 4.31. The van der Waals surface area contributed by atoms with Crippen molar-refractivity contribution >= 4 is 11.7 Å². The minimum absolute atomic E-state index is 0.0618. The fraction of sp³-hybridized carbons (Fsp3) is 0.429. The Bertz CT molecular complexity index is 460. The number of terminal acetylenes is 1. The molecule has 0 aromatic carbocycles. The van der Waals surface area contributed by atoms with Gasteiger partial charge in [-0.3, -0.25) is 4.79 Å². The Morgan fingerprint density at radius 3 is 3.12 bits per heavy atom. The summed E-state index contributed by atoms with van der Waals surface area (Å²) < 4.78 is 0. The number of hydrogen-bond donors (Lipinski definition) is 1. The molecule has 0 atom stereocenters. The molecule has 0 fully saturated rings. The molecular formula is C14H16N2O. The molecule has 0 bridgehead atoms. The Morgan fingerprint density at radius 1 is 1.41 bits per heavy atom. The van der Waals surface area contributed by atoms with Gasteiger partial charge in [-0.05, 0) is 36.8 Å². The maximum absolute atomic E-state index is 11.2. The number of aryl methyl sites for hydroxylation is 2. The van der Waals surface area contributed by atoms with E-state index in [1.54, 1.807) is 0 Å². The summed E-state index contributed by atoms with van der Waals surface area (Å²) in [7, 11) is 0. The van der Waals surface area contributed by atoms with Crippen LogP contribution in [0.4, 0.5) is 5.82 Å². The number of pyridine rings is 1. The molecule has 0 radical (unpaired) electrons. The number of carbonyl (C=O) groups excluding carboxylic acids is 1. The Kier molecular flexibility index (Phi) is 3.77. The molecule has 0 spiro atoms. The molecule has 0 saturated carbocycles. The fourth-order valence-corrected chi connectivity index (χ4v) is 2.00. The zero-order valence-corrected chi connectivity index (χ0v) is 9.83. The van der Waals surface area contributed by atoms with Crippen molar-refractivity contribution in [3.8, 4) is 12.3 Å². The molecule has 1 aliphatic heterocycles. The van der Waals surface area contributed by atoms with Crippen LogP contribution in [0.1, 0.15) is 36.8 Å². The van der Waals surface area contributed by atoms with Crippen molar-refractivity contribution in [2.45, 2.75) is 38.5 Å². The van der Waals surface area contributed by atoms with Gasteiger partial charge in [-0.2, -0.15) is 0 Å². The van der Waals surface area contributed by atoms with Crippen molar-refractivity contribution in [1.82, 2.24) is 4.98 Å². The van der Waals surface area contributed by atoms with E-state index in [-0.39, 0.29) is 5.91 Å². The third-order valence-electron chi connectivity index (χ3n) is 2.94. The van der Waals surface area contributed by atoms with Gasteiger partial charge in [-0.25, -0.2) is 4.98 Å². The number of fused-ring (bicyclic) bond motifs is 1. The van der Waals surface area contributed by atoms with Crippen LogP contribution in [-0.2, 0) is 17.6 Å². The molecule has 1 aliphatic rings. The molecule has 3 nitrogen and oxygen atoms in total. The van der Waals surface area contributed by atoms with Crippen LogP contribution in [0.2, 0.25) is 0 Å². The smallest absolute Gasteiger partial charge is 0.225 e. The lowest BCUT2D eigenvalue weighted by atomic mass is 10.0. The highest BCUT2D eigenvalue weighted by Crippen LogP contribution is 2.21. The highest BCUT2D eigenvalue weighted by molar-refractivity contribution is 5.92. The van der Waals surface area contributed by atoms with Crippen molar-refractivity contribution in [2.75, 3.05) is 5.32 Å². The topological polar surface area (TPSA) is 42.0 Å². The standard InChI is InChI=1S/C14H16N2O/c1-2-3-4-5-6-11-9-12-7-8-13(17)16-14(12)15-10-11/h1,9-10H,3-8H2,(H,15,16,17). The first-order valence-corrected chi connectivity index (χ1v) is 6.00. The molecule has 1 N–H and O–H groups in total. The van der Waals surface area contributed by atoms with E-state index in [9.17, 15) is 4.79 Å². The first kappa shape index (κ1) is 11.7. The minimum Gasteiger partial charge on any atom is -0.310 e. The summed E-state index contributed by atoms with van der Waals surface area (Å²) in [6.45, 7) is 0.